The smallest absolute Gasteiger partial charge is 0.245 e. The largest absolute Gasteiger partial charge is 0.361 e. The van der Waals surface area contributed by atoms with Crippen molar-refractivity contribution in [1.82, 2.24) is 24.7 Å². The van der Waals surface area contributed by atoms with Crippen LogP contribution in [0.4, 0.5) is 5.82 Å². The highest BCUT2D eigenvalue weighted by Gasteiger charge is 2.13. The molecule has 0 aromatic carbocycles. The van der Waals surface area contributed by atoms with E-state index in [0.29, 0.717) is 34.9 Å². The summed E-state index contributed by atoms with van der Waals surface area (Å²) >= 11 is 9.47. The zero-order chi connectivity index (χ0) is 14.3. The van der Waals surface area contributed by atoms with Gasteiger partial charge in [0.25, 0.3) is 0 Å². The summed E-state index contributed by atoms with van der Waals surface area (Å²) in [6.45, 7) is 4.03. The number of aryl methyl sites for hydroxylation is 2. The predicted molar refractivity (Wildman–Crippen MR) is 76.8 cm³/mol. The van der Waals surface area contributed by atoms with E-state index in [2.05, 4.69) is 41.5 Å². The van der Waals surface area contributed by atoms with Gasteiger partial charge in [-0.05, 0) is 29.8 Å². The Balaban J connectivity index is 1.96. The van der Waals surface area contributed by atoms with Gasteiger partial charge in [-0.15, -0.1) is 0 Å². The van der Waals surface area contributed by atoms with Gasteiger partial charge < -0.3 is 9.84 Å². The maximum absolute atomic E-state index is 6.03. The molecule has 0 aliphatic rings. The number of nitrogens with zero attached hydrogens (tertiary/aromatic N) is 5. The van der Waals surface area contributed by atoms with E-state index in [1.807, 2.05) is 6.92 Å². The second-order valence-corrected chi connectivity index (χ2v) is 5.37. The Morgan fingerprint density at radius 1 is 1.40 bits per heavy atom. The fraction of sp³-hybridized carbons (Fsp3) is 0.273. The SMILES string of the molecule is Cc1noc(CNc2cc(Cl)nc3c(Br)c(C)nn23)n1. The number of rotatable bonds is 3. The number of fused-ring (bicyclic) bond motifs is 1. The summed E-state index contributed by atoms with van der Waals surface area (Å²) in [6.07, 6.45) is 0. The Morgan fingerprint density at radius 2 is 2.20 bits per heavy atom. The van der Waals surface area contributed by atoms with Gasteiger partial charge in [0, 0.05) is 6.07 Å². The first-order chi connectivity index (χ1) is 9.54. The van der Waals surface area contributed by atoms with Crippen molar-refractivity contribution in [1.29, 1.82) is 0 Å². The monoisotopic (exact) mass is 356 g/mol. The number of hydrogen-bond donors (Lipinski definition) is 1. The van der Waals surface area contributed by atoms with Crippen LogP contribution in [-0.4, -0.2) is 24.7 Å². The Kier molecular flexibility index (Phi) is 3.35. The van der Waals surface area contributed by atoms with E-state index < -0.39 is 0 Å². The average molecular weight is 358 g/mol. The molecule has 104 valence electrons. The average Bonchev–Trinajstić information content (AvgIpc) is 2.94. The molecule has 1 N–H and O–H groups in total. The lowest BCUT2D eigenvalue weighted by Crippen LogP contribution is -2.06. The molecular weight excluding hydrogens is 348 g/mol. The molecule has 0 spiro atoms. The van der Waals surface area contributed by atoms with Crippen LogP contribution in [0, 0.1) is 13.8 Å². The van der Waals surface area contributed by atoms with E-state index in [-0.39, 0.29) is 0 Å². The van der Waals surface area contributed by atoms with Crippen LogP contribution in [0.25, 0.3) is 5.65 Å². The molecule has 0 radical (unpaired) electrons. The summed E-state index contributed by atoms with van der Waals surface area (Å²) in [6, 6.07) is 1.69. The fourth-order valence-electron chi connectivity index (χ4n) is 1.77. The molecule has 7 nitrogen and oxygen atoms in total. The molecule has 0 atom stereocenters. The van der Waals surface area contributed by atoms with Gasteiger partial charge in [0.1, 0.15) is 11.0 Å². The highest BCUT2D eigenvalue weighted by molar-refractivity contribution is 9.10. The number of anilines is 1. The van der Waals surface area contributed by atoms with Crippen LogP contribution in [0.5, 0.6) is 0 Å². The van der Waals surface area contributed by atoms with Crippen molar-refractivity contribution < 1.29 is 4.52 Å². The topological polar surface area (TPSA) is 81.1 Å². The highest BCUT2D eigenvalue weighted by Crippen LogP contribution is 2.25. The maximum Gasteiger partial charge on any atom is 0.245 e. The minimum atomic E-state index is 0.377. The summed E-state index contributed by atoms with van der Waals surface area (Å²) in [5.74, 6) is 1.79. The maximum atomic E-state index is 6.03. The second-order valence-electron chi connectivity index (χ2n) is 4.19. The molecular formula is C11H10BrClN6O. The quantitative estimate of drug-likeness (QED) is 0.726. The van der Waals surface area contributed by atoms with Crippen LogP contribution in [0.3, 0.4) is 0 Å². The Bertz CT molecular complexity index is 783. The molecule has 0 aliphatic carbocycles. The molecule has 20 heavy (non-hydrogen) atoms. The first kappa shape index (κ1) is 13.3. The van der Waals surface area contributed by atoms with Gasteiger partial charge in [0.2, 0.25) is 5.89 Å². The summed E-state index contributed by atoms with van der Waals surface area (Å²) in [4.78, 5) is 8.37. The zero-order valence-corrected chi connectivity index (χ0v) is 13.0. The van der Waals surface area contributed by atoms with Crippen molar-refractivity contribution in [3.63, 3.8) is 0 Å². The van der Waals surface area contributed by atoms with Crippen molar-refractivity contribution in [3.05, 3.63) is 33.1 Å². The molecule has 3 heterocycles. The lowest BCUT2D eigenvalue weighted by atomic mass is 10.5. The molecule has 0 saturated carbocycles. The van der Waals surface area contributed by atoms with Gasteiger partial charge in [0.15, 0.2) is 11.5 Å². The van der Waals surface area contributed by atoms with Gasteiger partial charge in [-0.3, -0.25) is 0 Å². The molecule has 0 fully saturated rings. The Labute approximate surface area is 127 Å². The third-order valence-electron chi connectivity index (χ3n) is 2.65. The normalized spacial score (nSPS) is 11.2. The van der Waals surface area contributed by atoms with E-state index >= 15 is 0 Å². The van der Waals surface area contributed by atoms with Crippen LogP contribution in [0.1, 0.15) is 17.4 Å². The van der Waals surface area contributed by atoms with Gasteiger partial charge in [-0.25, -0.2) is 4.98 Å². The van der Waals surface area contributed by atoms with Gasteiger partial charge in [-0.2, -0.15) is 14.6 Å². The molecule has 9 heteroatoms. The van der Waals surface area contributed by atoms with E-state index in [1.54, 1.807) is 17.5 Å². The van der Waals surface area contributed by atoms with Crippen LogP contribution in [0.15, 0.2) is 15.1 Å². The van der Waals surface area contributed by atoms with Crippen LogP contribution in [0.2, 0.25) is 5.15 Å². The molecule has 3 rings (SSSR count). The summed E-state index contributed by atoms with van der Waals surface area (Å²) in [5, 5.41) is 11.7. The number of halogens is 2. The first-order valence-corrected chi connectivity index (χ1v) is 6.96. The molecule has 0 saturated heterocycles. The molecule has 3 aromatic heterocycles. The third-order valence-corrected chi connectivity index (χ3v) is 3.77. The third kappa shape index (κ3) is 2.36. The first-order valence-electron chi connectivity index (χ1n) is 5.79. The van der Waals surface area contributed by atoms with Crippen molar-refractivity contribution in [3.8, 4) is 0 Å². The minimum absolute atomic E-state index is 0.377. The van der Waals surface area contributed by atoms with Crippen molar-refractivity contribution in [2.75, 3.05) is 5.32 Å². The van der Waals surface area contributed by atoms with E-state index in [0.717, 1.165) is 10.2 Å². The summed E-state index contributed by atoms with van der Waals surface area (Å²) in [7, 11) is 0. The Hall–Kier alpha value is -1.67. The van der Waals surface area contributed by atoms with Gasteiger partial charge >= 0.3 is 0 Å². The molecule has 0 aliphatic heterocycles. The molecule has 0 bridgehead atoms. The van der Waals surface area contributed by atoms with Crippen LogP contribution < -0.4 is 5.32 Å². The van der Waals surface area contributed by atoms with Crippen molar-refractivity contribution >= 4 is 39.0 Å². The highest BCUT2D eigenvalue weighted by atomic mass is 79.9. The number of aromatic nitrogens is 5. The van der Waals surface area contributed by atoms with Crippen molar-refractivity contribution in [2.24, 2.45) is 0 Å². The lowest BCUT2D eigenvalue weighted by Gasteiger charge is -2.06. The van der Waals surface area contributed by atoms with Crippen molar-refractivity contribution in [2.45, 2.75) is 20.4 Å². The summed E-state index contributed by atoms with van der Waals surface area (Å²) in [5.41, 5.74) is 1.48. The van der Waals surface area contributed by atoms with Crippen LogP contribution in [-0.2, 0) is 6.54 Å². The lowest BCUT2D eigenvalue weighted by molar-refractivity contribution is 0.379. The van der Waals surface area contributed by atoms with E-state index in [9.17, 15) is 0 Å². The van der Waals surface area contributed by atoms with Crippen LogP contribution >= 0.6 is 27.5 Å². The fourth-order valence-corrected chi connectivity index (χ4v) is 2.29. The molecule has 3 aromatic rings. The van der Waals surface area contributed by atoms with E-state index in [1.165, 1.54) is 0 Å². The second kappa shape index (κ2) is 5.02. The number of nitrogens with one attached hydrogen (secondary N) is 1. The minimum Gasteiger partial charge on any atom is -0.361 e. The molecule has 0 amide bonds. The molecule has 0 unspecified atom stereocenters. The van der Waals surface area contributed by atoms with Gasteiger partial charge in [-0.1, -0.05) is 16.8 Å². The zero-order valence-electron chi connectivity index (χ0n) is 10.7. The summed E-state index contributed by atoms with van der Waals surface area (Å²) < 4.78 is 7.54. The standard InChI is InChI=1S/C11H10BrClN6O/c1-5-10(12)11-16-7(13)3-8(19(11)17-5)14-4-9-15-6(2)18-20-9/h3,14H,4H2,1-2H3. The number of hydrogen-bond acceptors (Lipinski definition) is 6. The predicted octanol–water partition coefficient (Wildman–Crippen LogP) is 2.76. The van der Waals surface area contributed by atoms with Gasteiger partial charge in [0.05, 0.1) is 16.7 Å². The Morgan fingerprint density at radius 3 is 2.90 bits per heavy atom. The van der Waals surface area contributed by atoms with E-state index in [4.69, 9.17) is 16.1 Å².